The molecule has 1 fully saturated rings. The summed E-state index contributed by atoms with van der Waals surface area (Å²) >= 11 is 0. The van der Waals surface area contributed by atoms with Gasteiger partial charge in [-0.05, 0) is 43.7 Å². The van der Waals surface area contributed by atoms with Crippen LogP contribution in [0.15, 0.2) is 30.3 Å². The molecular formula is C17H27NO. The van der Waals surface area contributed by atoms with E-state index >= 15 is 0 Å². The van der Waals surface area contributed by atoms with Gasteiger partial charge >= 0.3 is 0 Å². The average molecular weight is 261 g/mol. The molecule has 1 aliphatic rings. The van der Waals surface area contributed by atoms with Crippen LogP contribution < -0.4 is 5.32 Å². The van der Waals surface area contributed by atoms with Crippen molar-refractivity contribution in [3.63, 3.8) is 0 Å². The van der Waals surface area contributed by atoms with Crippen LogP contribution in [0.4, 0.5) is 0 Å². The summed E-state index contributed by atoms with van der Waals surface area (Å²) in [5.74, 6) is 0.706. The van der Waals surface area contributed by atoms with Crippen LogP contribution in [0.1, 0.15) is 50.0 Å². The van der Waals surface area contributed by atoms with Crippen LogP contribution in [0.25, 0.3) is 0 Å². The summed E-state index contributed by atoms with van der Waals surface area (Å²) in [6.07, 6.45) is 7.78. The molecule has 0 bridgehead atoms. The highest BCUT2D eigenvalue weighted by Gasteiger charge is 2.25. The molecule has 1 aromatic carbocycles. The molecule has 2 nitrogen and oxygen atoms in total. The van der Waals surface area contributed by atoms with Gasteiger partial charge in [0, 0.05) is 19.8 Å². The summed E-state index contributed by atoms with van der Waals surface area (Å²) in [6, 6.07) is 11.7. The molecule has 2 unspecified atom stereocenters. The van der Waals surface area contributed by atoms with Crippen LogP contribution in [-0.2, 0) is 4.74 Å². The Morgan fingerprint density at radius 2 is 1.89 bits per heavy atom. The Hall–Kier alpha value is -0.860. The third-order valence-electron chi connectivity index (χ3n) is 4.18. The second kappa shape index (κ2) is 8.34. The van der Waals surface area contributed by atoms with Gasteiger partial charge in [-0.2, -0.15) is 0 Å². The highest BCUT2D eigenvalue weighted by Crippen LogP contribution is 2.32. The van der Waals surface area contributed by atoms with Gasteiger partial charge < -0.3 is 10.1 Å². The minimum absolute atomic E-state index is 0.665. The van der Waals surface area contributed by atoms with Gasteiger partial charge in [0.1, 0.15) is 0 Å². The van der Waals surface area contributed by atoms with Gasteiger partial charge in [-0.3, -0.25) is 0 Å². The summed E-state index contributed by atoms with van der Waals surface area (Å²) in [7, 11) is 1.78. The number of rotatable bonds is 7. The zero-order valence-corrected chi connectivity index (χ0v) is 12.1. The molecule has 2 atom stereocenters. The van der Waals surface area contributed by atoms with E-state index in [4.69, 9.17) is 4.74 Å². The molecule has 0 aromatic heterocycles. The Balaban J connectivity index is 1.83. The molecule has 0 heterocycles. The van der Waals surface area contributed by atoms with Crippen molar-refractivity contribution < 1.29 is 4.74 Å². The normalized spacial score (nSPS) is 23.4. The van der Waals surface area contributed by atoms with Gasteiger partial charge in [0.2, 0.25) is 0 Å². The standard InChI is InChI=1S/C17H27NO/c1-19-14-8-7-13-18-17-12-6-5-11-16(17)15-9-3-2-4-10-15/h2-4,9-10,16-18H,5-8,11-14H2,1H3. The first kappa shape index (κ1) is 14.5. The lowest BCUT2D eigenvalue weighted by atomic mass is 9.80. The van der Waals surface area contributed by atoms with Crippen molar-refractivity contribution in [1.82, 2.24) is 5.32 Å². The maximum atomic E-state index is 5.10. The Morgan fingerprint density at radius 3 is 2.68 bits per heavy atom. The van der Waals surface area contributed by atoms with Gasteiger partial charge in [0.25, 0.3) is 0 Å². The van der Waals surface area contributed by atoms with E-state index in [0.717, 1.165) is 19.6 Å². The fourth-order valence-electron chi connectivity index (χ4n) is 3.13. The second-order valence-electron chi connectivity index (χ2n) is 5.56. The van der Waals surface area contributed by atoms with Crippen LogP contribution in [-0.4, -0.2) is 26.3 Å². The summed E-state index contributed by atoms with van der Waals surface area (Å²) in [5.41, 5.74) is 1.51. The van der Waals surface area contributed by atoms with Crippen molar-refractivity contribution in [2.75, 3.05) is 20.3 Å². The largest absolute Gasteiger partial charge is 0.385 e. The smallest absolute Gasteiger partial charge is 0.0462 e. The SMILES string of the molecule is COCCCCNC1CCCCC1c1ccccc1. The fourth-order valence-corrected chi connectivity index (χ4v) is 3.13. The zero-order chi connectivity index (χ0) is 13.3. The number of hydrogen-bond acceptors (Lipinski definition) is 2. The van der Waals surface area contributed by atoms with E-state index in [1.165, 1.54) is 37.7 Å². The predicted octanol–water partition coefficient (Wildman–Crippen LogP) is 3.73. The lowest BCUT2D eigenvalue weighted by Gasteiger charge is -2.33. The monoisotopic (exact) mass is 261 g/mol. The molecule has 0 radical (unpaired) electrons. The molecule has 0 saturated heterocycles. The molecule has 1 aliphatic carbocycles. The molecule has 106 valence electrons. The van der Waals surface area contributed by atoms with E-state index in [2.05, 4.69) is 35.6 Å². The van der Waals surface area contributed by atoms with Gasteiger partial charge in [0.05, 0.1) is 0 Å². The molecular weight excluding hydrogens is 234 g/mol. The highest BCUT2D eigenvalue weighted by molar-refractivity contribution is 5.21. The van der Waals surface area contributed by atoms with E-state index in [9.17, 15) is 0 Å². The Labute approximate surface area is 117 Å². The summed E-state index contributed by atoms with van der Waals surface area (Å²) in [6.45, 7) is 2.01. The maximum absolute atomic E-state index is 5.10. The molecule has 1 N–H and O–H groups in total. The quantitative estimate of drug-likeness (QED) is 0.755. The van der Waals surface area contributed by atoms with E-state index in [1.807, 2.05) is 0 Å². The first-order chi connectivity index (χ1) is 9.42. The lowest BCUT2D eigenvalue weighted by Crippen LogP contribution is -2.37. The Kier molecular flexibility index (Phi) is 6.38. The van der Waals surface area contributed by atoms with E-state index in [-0.39, 0.29) is 0 Å². The van der Waals surface area contributed by atoms with E-state index < -0.39 is 0 Å². The predicted molar refractivity (Wildman–Crippen MR) is 80.6 cm³/mol. The molecule has 1 saturated carbocycles. The highest BCUT2D eigenvalue weighted by atomic mass is 16.5. The summed E-state index contributed by atoms with van der Waals surface area (Å²) in [4.78, 5) is 0. The van der Waals surface area contributed by atoms with Crippen molar-refractivity contribution in [3.05, 3.63) is 35.9 Å². The number of unbranched alkanes of at least 4 members (excludes halogenated alkanes) is 1. The second-order valence-corrected chi connectivity index (χ2v) is 5.56. The minimum atomic E-state index is 0.665. The van der Waals surface area contributed by atoms with Crippen molar-refractivity contribution in [1.29, 1.82) is 0 Å². The van der Waals surface area contributed by atoms with Gasteiger partial charge in [0.15, 0.2) is 0 Å². The minimum Gasteiger partial charge on any atom is -0.385 e. The van der Waals surface area contributed by atoms with Crippen LogP contribution >= 0.6 is 0 Å². The van der Waals surface area contributed by atoms with E-state index in [0.29, 0.717) is 12.0 Å². The van der Waals surface area contributed by atoms with Crippen LogP contribution in [0.3, 0.4) is 0 Å². The molecule has 1 aromatic rings. The molecule has 0 spiro atoms. The summed E-state index contributed by atoms with van der Waals surface area (Å²) in [5, 5.41) is 3.77. The van der Waals surface area contributed by atoms with Crippen LogP contribution in [0.5, 0.6) is 0 Å². The third kappa shape index (κ3) is 4.63. The number of methoxy groups -OCH3 is 1. The topological polar surface area (TPSA) is 21.3 Å². The van der Waals surface area contributed by atoms with E-state index in [1.54, 1.807) is 7.11 Å². The molecule has 19 heavy (non-hydrogen) atoms. The Bertz CT molecular complexity index is 338. The summed E-state index contributed by atoms with van der Waals surface area (Å²) < 4.78 is 5.10. The lowest BCUT2D eigenvalue weighted by molar-refractivity contribution is 0.191. The van der Waals surface area contributed by atoms with Crippen molar-refractivity contribution in [2.45, 2.75) is 50.5 Å². The Morgan fingerprint density at radius 1 is 1.11 bits per heavy atom. The van der Waals surface area contributed by atoms with Crippen LogP contribution in [0, 0.1) is 0 Å². The van der Waals surface area contributed by atoms with Crippen molar-refractivity contribution in [2.24, 2.45) is 0 Å². The number of nitrogens with one attached hydrogen (secondary N) is 1. The molecule has 2 heteroatoms. The molecule has 0 amide bonds. The van der Waals surface area contributed by atoms with Crippen molar-refractivity contribution >= 4 is 0 Å². The molecule has 2 rings (SSSR count). The van der Waals surface area contributed by atoms with Gasteiger partial charge in [-0.15, -0.1) is 0 Å². The zero-order valence-electron chi connectivity index (χ0n) is 12.1. The number of ether oxygens (including phenoxy) is 1. The van der Waals surface area contributed by atoms with Gasteiger partial charge in [-0.1, -0.05) is 43.2 Å². The first-order valence-electron chi connectivity index (χ1n) is 7.69. The average Bonchev–Trinajstić information content (AvgIpc) is 2.48. The fraction of sp³-hybridized carbons (Fsp3) is 0.647. The third-order valence-corrected chi connectivity index (χ3v) is 4.18. The first-order valence-corrected chi connectivity index (χ1v) is 7.69. The van der Waals surface area contributed by atoms with Crippen LogP contribution in [0.2, 0.25) is 0 Å². The van der Waals surface area contributed by atoms with Crippen molar-refractivity contribution in [3.8, 4) is 0 Å². The molecule has 0 aliphatic heterocycles. The maximum Gasteiger partial charge on any atom is 0.0462 e. The van der Waals surface area contributed by atoms with Gasteiger partial charge in [-0.25, -0.2) is 0 Å². The number of benzene rings is 1. The number of hydrogen-bond donors (Lipinski definition) is 1.